The van der Waals surface area contributed by atoms with Crippen LogP contribution in [0.25, 0.3) is 0 Å². The van der Waals surface area contributed by atoms with Crippen molar-refractivity contribution in [2.45, 2.75) is 11.8 Å². The molecular weight excluding hydrogens is 284 g/mol. The van der Waals surface area contributed by atoms with Crippen LogP contribution >= 0.6 is 0 Å². The average Bonchev–Trinajstić information content (AvgIpc) is 2.49. The minimum absolute atomic E-state index is 0.157. The smallest absolute Gasteiger partial charge is 0.220 e. The summed E-state index contributed by atoms with van der Waals surface area (Å²) in [5.74, 6) is 0. The van der Waals surface area contributed by atoms with Crippen LogP contribution < -0.4 is 4.90 Å². The summed E-state index contributed by atoms with van der Waals surface area (Å²) < 4.78 is 24.7. The third-order valence-electron chi connectivity index (χ3n) is 3.37. The summed E-state index contributed by atoms with van der Waals surface area (Å²) in [5, 5.41) is 9.14. The molecule has 3 rings (SSSR count). The second kappa shape index (κ2) is 4.76. The van der Waals surface area contributed by atoms with Gasteiger partial charge in [0.1, 0.15) is 6.07 Å². The third kappa shape index (κ3) is 2.10. The maximum atomic E-state index is 12.3. The maximum Gasteiger partial charge on any atom is 0.220 e. The monoisotopic (exact) mass is 296 g/mol. The highest BCUT2D eigenvalue weighted by Gasteiger charge is 2.31. The molecule has 2 aromatic rings. The van der Waals surface area contributed by atoms with Gasteiger partial charge < -0.3 is 4.90 Å². The number of fused-ring (bicyclic) bond motifs is 1. The molecule has 0 saturated heterocycles. The molecule has 2 aromatic carbocycles. The Kier molecular flexibility index (Phi) is 3.04. The number of nitriles is 1. The zero-order valence-electron chi connectivity index (χ0n) is 11.3. The molecule has 0 unspecified atom stereocenters. The van der Waals surface area contributed by atoms with Gasteiger partial charge in [0.25, 0.3) is 0 Å². The number of rotatable bonds is 1. The predicted octanol–water partition coefficient (Wildman–Crippen LogP) is 3.29. The number of aryl methyl sites for hydroxylation is 1. The van der Waals surface area contributed by atoms with E-state index in [1.54, 1.807) is 29.2 Å². The SMILES string of the molecule is Cc1ccc(N2C=C(C#N)S(=O)(=O)c3ccccc32)cc1. The first-order valence-corrected chi connectivity index (χ1v) is 7.84. The van der Waals surface area contributed by atoms with Gasteiger partial charge in [0.05, 0.1) is 10.6 Å². The van der Waals surface area contributed by atoms with Crippen LogP contribution in [0.2, 0.25) is 0 Å². The Labute approximate surface area is 123 Å². The van der Waals surface area contributed by atoms with E-state index in [0.717, 1.165) is 11.3 Å². The largest absolute Gasteiger partial charge is 0.314 e. The second-order valence-electron chi connectivity index (χ2n) is 4.78. The van der Waals surface area contributed by atoms with Crippen molar-refractivity contribution in [3.8, 4) is 6.07 Å². The molecule has 1 aliphatic heterocycles. The summed E-state index contributed by atoms with van der Waals surface area (Å²) in [6.45, 7) is 1.98. The molecule has 104 valence electrons. The van der Waals surface area contributed by atoms with E-state index in [2.05, 4.69) is 0 Å². The van der Waals surface area contributed by atoms with Gasteiger partial charge in [-0.05, 0) is 31.2 Å². The fourth-order valence-electron chi connectivity index (χ4n) is 2.27. The summed E-state index contributed by atoms with van der Waals surface area (Å²) >= 11 is 0. The Morgan fingerprint density at radius 3 is 2.38 bits per heavy atom. The first-order chi connectivity index (χ1) is 10.0. The van der Waals surface area contributed by atoms with Gasteiger partial charge in [-0.25, -0.2) is 8.42 Å². The highest BCUT2D eigenvalue weighted by atomic mass is 32.2. The van der Waals surface area contributed by atoms with E-state index in [1.165, 1.54) is 12.3 Å². The number of nitrogens with zero attached hydrogens (tertiary/aromatic N) is 2. The van der Waals surface area contributed by atoms with Gasteiger partial charge in [-0.15, -0.1) is 0 Å². The molecular formula is C16H12N2O2S. The highest BCUT2D eigenvalue weighted by molar-refractivity contribution is 7.95. The van der Waals surface area contributed by atoms with Crippen LogP contribution in [0, 0.1) is 18.3 Å². The molecule has 5 heteroatoms. The van der Waals surface area contributed by atoms with Crippen molar-refractivity contribution in [3.05, 3.63) is 65.2 Å². The molecule has 4 nitrogen and oxygen atoms in total. The molecule has 0 spiro atoms. The Hall–Kier alpha value is -2.58. The Morgan fingerprint density at radius 1 is 1.05 bits per heavy atom. The highest BCUT2D eigenvalue weighted by Crippen LogP contribution is 2.38. The molecule has 1 heterocycles. The lowest BCUT2D eigenvalue weighted by Gasteiger charge is -2.27. The summed E-state index contributed by atoms with van der Waals surface area (Å²) in [5.41, 5.74) is 2.48. The van der Waals surface area contributed by atoms with Gasteiger partial charge in [0.2, 0.25) is 9.84 Å². The minimum atomic E-state index is -3.72. The number of hydrogen-bond donors (Lipinski definition) is 0. The third-order valence-corrected chi connectivity index (χ3v) is 5.07. The van der Waals surface area contributed by atoms with E-state index >= 15 is 0 Å². The van der Waals surface area contributed by atoms with Crippen molar-refractivity contribution in [1.29, 1.82) is 5.26 Å². The summed E-state index contributed by atoms with van der Waals surface area (Å²) in [6, 6.07) is 16.2. The van der Waals surface area contributed by atoms with E-state index in [-0.39, 0.29) is 9.80 Å². The van der Waals surface area contributed by atoms with E-state index in [1.807, 2.05) is 31.2 Å². The van der Waals surface area contributed by atoms with Crippen LogP contribution in [0.4, 0.5) is 11.4 Å². The zero-order chi connectivity index (χ0) is 15.0. The van der Waals surface area contributed by atoms with Gasteiger partial charge in [0.15, 0.2) is 4.91 Å². The van der Waals surface area contributed by atoms with E-state index < -0.39 is 9.84 Å². The lowest BCUT2D eigenvalue weighted by molar-refractivity contribution is 0.602. The maximum absolute atomic E-state index is 12.3. The molecule has 0 atom stereocenters. The fraction of sp³-hybridized carbons (Fsp3) is 0.0625. The Balaban J connectivity index is 2.26. The minimum Gasteiger partial charge on any atom is -0.314 e. The molecule has 0 aromatic heterocycles. The van der Waals surface area contributed by atoms with Crippen molar-refractivity contribution in [1.82, 2.24) is 0 Å². The molecule has 0 saturated carbocycles. The first kappa shape index (κ1) is 13.4. The quantitative estimate of drug-likeness (QED) is 0.810. The summed E-state index contributed by atoms with van der Waals surface area (Å²) in [4.78, 5) is 1.64. The van der Waals surface area contributed by atoms with Crippen molar-refractivity contribution in [3.63, 3.8) is 0 Å². The normalized spacial score (nSPS) is 15.8. The molecule has 0 N–H and O–H groups in total. The molecule has 0 fully saturated rings. The summed E-state index contributed by atoms with van der Waals surface area (Å²) in [7, 11) is -3.72. The van der Waals surface area contributed by atoms with Gasteiger partial charge in [-0.1, -0.05) is 29.8 Å². The van der Waals surface area contributed by atoms with E-state index in [9.17, 15) is 8.42 Å². The number of allylic oxidation sites excluding steroid dienone is 1. The van der Waals surface area contributed by atoms with Gasteiger partial charge in [-0.3, -0.25) is 0 Å². The fourth-order valence-corrected chi connectivity index (χ4v) is 3.57. The van der Waals surface area contributed by atoms with Crippen LogP contribution in [0.1, 0.15) is 5.56 Å². The van der Waals surface area contributed by atoms with Crippen LogP contribution in [0.15, 0.2) is 64.5 Å². The molecule has 0 amide bonds. The van der Waals surface area contributed by atoms with Crippen molar-refractivity contribution < 1.29 is 8.42 Å². The first-order valence-electron chi connectivity index (χ1n) is 6.36. The van der Waals surface area contributed by atoms with Crippen LogP contribution in [0.5, 0.6) is 0 Å². The van der Waals surface area contributed by atoms with E-state index in [0.29, 0.717) is 5.69 Å². The number of sulfone groups is 1. The molecule has 1 aliphatic rings. The van der Waals surface area contributed by atoms with Crippen molar-refractivity contribution in [2.24, 2.45) is 0 Å². The lowest BCUT2D eigenvalue weighted by atomic mass is 10.2. The number of para-hydroxylation sites is 1. The van der Waals surface area contributed by atoms with Crippen molar-refractivity contribution in [2.75, 3.05) is 4.90 Å². The standard InChI is InChI=1S/C16H12N2O2S/c1-12-6-8-13(9-7-12)18-11-14(10-17)21(19,20)16-5-3-2-4-15(16)18/h2-9,11H,1H3. The van der Waals surface area contributed by atoms with E-state index in [4.69, 9.17) is 5.26 Å². The molecule has 0 aliphatic carbocycles. The van der Waals surface area contributed by atoms with Gasteiger partial charge in [-0.2, -0.15) is 5.26 Å². The predicted molar refractivity (Wildman–Crippen MR) is 80.6 cm³/mol. The van der Waals surface area contributed by atoms with Crippen LogP contribution in [0.3, 0.4) is 0 Å². The zero-order valence-corrected chi connectivity index (χ0v) is 12.1. The number of hydrogen-bond acceptors (Lipinski definition) is 4. The second-order valence-corrected chi connectivity index (χ2v) is 6.67. The topological polar surface area (TPSA) is 61.2 Å². The molecule has 0 radical (unpaired) electrons. The molecule has 21 heavy (non-hydrogen) atoms. The lowest BCUT2D eigenvalue weighted by Crippen LogP contribution is -2.21. The Bertz CT molecular complexity index is 875. The van der Waals surface area contributed by atoms with Gasteiger partial charge >= 0.3 is 0 Å². The number of anilines is 2. The van der Waals surface area contributed by atoms with Crippen LogP contribution in [-0.2, 0) is 9.84 Å². The van der Waals surface area contributed by atoms with Crippen molar-refractivity contribution >= 4 is 21.2 Å². The number of benzene rings is 2. The molecule has 0 bridgehead atoms. The summed E-state index contributed by atoms with van der Waals surface area (Å²) in [6.07, 6.45) is 1.38. The Morgan fingerprint density at radius 2 is 1.71 bits per heavy atom. The average molecular weight is 296 g/mol. The van der Waals surface area contributed by atoms with Gasteiger partial charge in [0, 0.05) is 11.9 Å². The van der Waals surface area contributed by atoms with Crippen LogP contribution in [-0.4, -0.2) is 8.42 Å².